The zero-order chi connectivity index (χ0) is 14.6. The highest BCUT2D eigenvalue weighted by Gasteiger charge is 2.44. The molecule has 0 aromatic rings. The van der Waals surface area contributed by atoms with Crippen molar-refractivity contribution in [2.45, 2.75) is 52.1 Å². The van der Waals surface area contributed by atoms with E-state index >= 15 is 0 Å². The Balaban J connectivity index is 2.89. The van der Waals surface area contributed by atoms with Gasteiger partial charge in [-0.1, -0.05) is 0 Å². The van der Waals surface area contributed by atoms with Crippen molar-refractivity contribution >= 4 is 17.9 Å². The van der Waals surface area contributed by atoms with Gasteiger partial charge in [-0.3, -0.25) is 14.4 Å². The standard InChI is InChI=1S/C12H18O7/c1-6-11(18-8(3)14)12(19-9(4)15)10(5-16-6)17-7(2)13/h6,10-12H,5H2,1-4H3/t6?,10?,11-,12-/m1/s1. The smallest absolute Gasteiger partial charge is 0.303 e. The first-order chi connectivity index (χ1) is 8.81. The Bertz CT molecular complexity index is 365. The second kappa shape index (κ2) is 6.51. The van der Waals surface area contributed by atoms with Crippen molar-refractivity contribution in [1.29, 1.82) is 0 Å². The summed E-state index contributed by atoms with van der Waals surface area (Å²) in [5.74, 6) is -1.60. The molecule has 19 heavy (non-hydrogen) atoms. The van der Waals surface area contributed by atoms with E-state index in [0.29, 0.717) is 0 Å². The minimum absolute atomic E-state index is 0.0798. The monoisotopic (exact) mass is 274 g/mol. The van der Waals surface area contributed by atoms with Crippen LogP contribution in [0.15, 0.2) is 0 Å². The highest BCUT2D eigenvalue weighted by molar-refractivity contribution is 5.68. The van der Waals surface area contributed by atoms with Crippen LogP contribution in [-0.4, -0.2) is 48.9 Å². The van der Waals surface area contributed by atoms with Crippen molar-refractivity contribution in [2.75, 3.05) is 6.61 Å². The fourth-order valence-corrected chi connectivity index (χ4v) is 1.92. The third-order valence-corrected chi connectivity index (χ3v) is 2.60. The summed E-state index contributed by atoms with van der Waals surface area (Å²) in [5, 5.41) is 0. The molecule has 1 saturated heterocycles. The summed E-state index contributed by atoms with van der Waals surface area (Å²) in [4.78, 5) is 33.3. The summed E-state index contributed by atoms with van der Waals surface area (Å²) < 4.78 is 20.6. The topological polar surface area (TPSA) is 88.1 Å². The number of esters is 3. The highest BCUT2D eigenvalue weighted by atomic mass is 16.6. The van der Waals surface area contributed by atoms with Crippen molar-refractivity contribution < 1.29 is 33.3 Å². The summed E-state index contributed by atoms with van der Waals surface area (Å²) in [7, 11) is 0. The number of carbonyl (C=O) groups is 3. The predicted molar refractivity (Wildman–Crippen MR) is 62.1 cm³/mol. The van der Waals surface area contributed by atoms with Crippen LogP contribution in [0.4, 0.5) is 0 Å². The Morgan fingerprint density at radius 3 is 1.84 bits per heavy atom. The van der Waals surface area contributed by atoms with Gasteiger partial charge in [-0.2, -0.15) is 0 Å². The molecule has 0 radical (unpaired) electrons. The first kappa shape index (κ1) is 15.4. The molecule has 0 spiro atoms. The van der Waals surface area contributed by atoms with Crippen LogP contribution in [-0.2, 0) is 33.3 Å². The van der Waals surface area contributed by atoms with E-state index in [1.165, 1.54) is 20.8 Å². The van der Waals surface area contributed by atoms with Gasteiger partial charge in [-0.15, -0.1) is 0 Å². The zero-order valence-corrected chi connectivity index (χ0v) is 11.4. The molecule has 108 valence electrons. The van der Waals surface area contributed by atoms with E-state index < -0.39 is 42.3 Å². The molecule has 7 nitrogen and oxygen atoms in total. The second-order valence-corrected chi connectivity index (χ2v) is 4.33. The average Bonchev–Trinajstić information content (AvgIpc) is 2.25. The molecule has 0 aromatic heterocycles. The molecule has 0 amide bonds. The van der Waals surface area contributed by atoms with Gasteiger partial charge in [0.15, 0.2) is 18.3 Å². The van der Waals surface area contributed by atoms with Gasteiger partial charge in [0.05, 0.1) is 12.7 Å². The molecule has 0 N–H and O–H groups in total. The van der Waals surface area contributed by atoms with Gasteiger partial charge >= 0.3 is 17.9 Å². The van der Waals surface area contributed by atoms with E-state index in [9.17, 15) is 14.4 Å². The molecule has 0 bridgehead atoms. The van der Waals surface area contributed by atoms with Gasteiger partial charge in [0, 0.05) is 20.8 Å². The van der Waals surface area contributed by atoms with Crippen LogP contribution in [0.2, 0.25) is 0 Å². The summed E-state index contributed by atoms with van der Waals surface area (Å²) in [5.41, 5.74) is 0. The maximum absolute atomic E-state index is 11.1. The van der Waals surface area contributed by atoms with Crippen molar-refractivity contribution in [1.82, 2.24) is 0 Å². The van der Waals surface area contributed by atoms with Gasteiger partial charge in [-0.25, -0.2) is 0 Å². The van der Waals surface area contributed by atoms with Crippen LogP contribution >= 0.6 is 0 Å². The quantitative estimate of drug-likeness (QED) is 0.536. The van der Waals surface area contributed by atoms with Gasteiger partial charge in [0.2, 0.25) is 0 Å². The van der Waals surface area contributed by atoms with Crippen molar-refractivity contribution in [3.63, 3.8) is 0 Å². The minimum atomic E-state index is -0.867. The second-order valence-electron chi connectivity index (χ2n) is 4.33. The molecule has 0 aliphatic carbocycles. The summed E-state index contributed by atoms with van der Waals surface area (Å²) in [6, 6.07) is 0. The molecule has 1 aliphatic rings. The first-order valence-electron chi connectivity index (χ1n) is 5.94. The molecule has 2 unspecified atom stereocenters. The molecular formula is C12H18O7. The fourth-order valence-electron chi connectivity index (χ4n) is 1.92. The van der Waals surface area contributed by atoms with Gasteiger partial charge in [-0.05, 0) is 6.92 Å². The molecule has 1 aliphatic heterocycles. The molecule has 7 heteroatoms. The summed E-state index contributed by atoms with van der Waals surface area (Å²) in [6.45, 7) is 5.48. The van der Waals surface area contributed by atoms with Gasteiger partial charge in [0.25, 0.3) is 0 Å². The van der Waals surface area contributed by atoms with E-state index in [2.05, 4.69) is 0 Å². The third-order valence-electron chi connectivity index (χ3n) is 2.60. The van der Waals surface area contributed by atoms with Crippen LogP contribution in [0.25, 0.3) is 0 Å². The Labute approximate surface area is 111 Å². The van der Waals surface area contributed by atoms with E-state index in [-0.39, 0.29) is 6.61 Å². The van der Waals surface area contributed by atoms with Gasteiger partial charge in [0.1, 0.15) is 0 Å². The van der Waals surface area contributed by atoms with E-state index in [1.54, 1.807) is 6.92 Å². The Kier molecular flexibility index (Phi) is 5.29. The Morgan fingerprint density at radius 1 is 0.895 bits per heavy atom. The SMILES string of the molecule is CC(=O)OC1COC(C)[C@@H](OC(C)=O)[C@@H]1OC(C)=O. The molecule has 1 fully saturated rings. The number of rotatable bonds is 3. The normalized spacial score (nSPS) is 30.3. The van der Waals surface area contributed by atoms with Crippen LogP contribution in [0, 0.1) is 0 Å². The van der Waals surface area contributed by atoms with Crippen molar-refractivity contribution in [2.24, 2.45) is 0 Å². The molecule has 4 atom stereocenters. The minimum Gasteiger partial charge on any atom is -0.456 e. The lowest BCUT2D eigenvalue weighted by Crippen LogP contribution is -2.56. The number of hydrogen-bond donors (Lipinski definition) is 0. The fraction of sp³-hybridized carbons (Fsp3) is 0.750. The lowest BCUT2D eigenvalue weighted by Gasteiger charge is -2.39. The van der Waals surface area contributed by atoms with Crippen LogP contribution in [0.1, 0.15) is 27.7 Å². The number of carbonyl (C=O) groups excluding carboxylic acids is 3. The molecule has 0 saturated carbocycles. The molecular weight excluding hydrogens is 256 g/mol. The Hall–Kier alpha value is -1.63. The number of hydrogen-bond acceptors (Lipinski definition) is 7. The predicted octanol–water partition coefficient (Wildman–Crippen LogP) is 0.200. The van der Waals surface area contributed by atoms with Crippen LogP contribution in [0.5, 0.6) is 0 Å². The zero-order valence-electron chi connectivity index (χ0n) is 11.4. The van der Waals surface area contributed by atoms with E-state index in [0.717, 1.165) is 0 Å². The maximum Gasteiger partial charge on any atom is 0.303 e. The van der Waals surface area contributed by atoms with Crippen molar-refractivity contribution in [3.05, 3.63) is 0 Å². The lowest BCUT2D eigenvalue weighted by atomic mass is 10.0. The van der Waals surface area contributed by atoms with E-state index in [1.807, 2.05) is 0 Å². The van der Waals surface area contributed by atoms with E-state index in [4.69, 9.17) is 18.9 Å². The molecule has 0 aromatic carbocycles. The van der Waals surface area contributed by atoms with Crippen LogP contribution in [0.3, 0.4) is 0 Å². The maximum atomic E-state index is 11.1. The average molecular weight is 274 g/mol. The number of ether oxygens (including phenoxy) is 4. The first-order valence-corrected chi connectivity index (χ1v) is 5.94. The van der Waals surface area contributed by atoms with Crippen LogP contribution < -0.4 is 0 Å². The highest BCUT2D eigenvalue weighted by Crippen LogP contribution is 2.24. The largest absolute Gasteiger partial charge is 0.456 e. The third kappa shape index (κ3) is 4.51. The Morgan fingerprint density at radius 2 is 1.37 bits per heavy atom. The summed E-state index contributed by atoms with van der Waals surface area (Å²) in [6.07, 6.45) is -2.92. The van der Waals surface area contributed by atoms with Crippen molar-refractivity contribution in [3.8, 4) is 0 Å². The molecule has 1 rings (SSSR count). The summed E-state index contributed by atoms with van der Waals surface area (Å²) >= 11 is 0. The molecule has 1 heterocycles. The van der Waals surface area contributed by atoms with Gasteiger partial charge < -0.3 is 18.9 Å². The lowest BCUT2D eigenvalue weighted by molar-refractivity contribution is -0.222.